The molecule has 19 heavy (non-hydrogen) atoms. The zero-order valence-electron chi connectivity index (χ0n) is 11.3. The molecule has 1 aromatic carbocycles. The Morgan fingerprint density at radius 2 is 2.00 bits per heavy atom. The summed E-state index contributed by atoms with van der Waals surface area (Å²) in [6, 6.07) is 6.94. The quantitative estimate of drug-likeness (QED) is 0.899. The molecule has 2 aliphatic rings. The van der Waals surface area contributed by atoms with Crippen LogP contribution in [0, 0.1) is 5.82 Å². The summed E-state index contributed by atoms with van der Waals surface area (Å²) < 4.78 is 19.7. The Labute approximate surface area is 114 Å². The molecule has 0 bridgehead atoms. The maximum absolute atomic E-state index is 13.5. The van der Waals surface area contributed by atoms with Crippen LogP contribution in [-0.2, 0) is 11.3 Å². The number of hydrogen-bond acceptors (Lipinski definition) is 2. The molecule has 1 saturated heterocycles. The monoisotopic (exact) mass is 263 g/mol. The summed E-state index contributed by atoms with van der Waals surface area (Å²) in [5.74, 6) is -0.130. The summed E-state index contributed by atoms with van der Waals surface area (Å²) >= 11 is 0. The van der Waals surface area contributed by atoms with Crippen LogP contribution in [0.2, 0.25) is 0 Å². The van der Waals surface area contributed by atoms with Gasteiger partial charge in [-0.1, -0.05) is 31.0 Å². The Balaban J connectivity index is 1.45. The van der Waals surface area contributed by atoms with Gasteiger partial charge in [-0.05, 0) is 31.7 Å². The van der Waals surface area contributed by atoms with Gasteiger partial charge in [0.1, 0.15) is 5.82 Å². The standard InChI is InChI=1S/C16H22FNO/c17-15-6-2-1-5-13(15)11-18-12-14-7-10-16(19-14)8-3-4-9-16/h1-2,5-6,14,18H,3-4,7-12H2. The molecule has 1 aliphatic carbocycles. The Hall–Kier alpha value is -0.930. The van der Waals surface area contributed by atoms with Crippen LogP contribution >= 0.6 is 0 Å². The van der Waals surface area contributed by atoms with Gasteiger partial charge < -0.3 is 10.1 Å². The molecule has 1 spiro atoms. The minimum atomic E-state index is -0.130. The van der Waals surface area contributed by atoms with Crippen molar-refractivity contribution < 1.29 is 9.13 Å². The first-order valence-electron chi connectivity index (χ1n) is 7.39. The normalized spacial score (nSPS) is 25.2. The van der Waals surface area contributed by atoms with Crippen LogP contribution in [-0.4, -0.2) is 18.2 Å². The second-order valence-electron chi connectivity index (χ2n) is 5.89. The Morgan fingerprint density at radius 1 is 1.21 bits per heavy atom. The molecule has 1 heterocycles. The summed E-state index contributed by atoms with van der Waals surface area (Å²) in [6.07, 6.45) is 7.76. The molecule has 0 radical (unpaired) electrons. The zero-order chi connectivity index (χ0) is 13.1. The average molecular weight is 263 g/mol. The number of halogens is 1. The summed E-state index contributed by atoms with van der Waals surface area (Å²) in [5, 5.41) is 3.33. The van der Waals surface area contributed by atoms with E-state index in [1.165, 1.54) is 38.2 Å². The van der Waals surface area contributed by atoms with Gasteiger partial charge in [0, 0.05) is 18.7 Å². The summed E-state index contributed by atoms with van der Waals surface area (Å²) in [5.41, 5.74) is 0.931. The molecule has 1 N–H and O–H groups in total. The lowest BCUT2D eigenvalue weighted by atomic mass is 9.98. The number of ether oxygens (including phenoxy) is 1. The van der Waals surface area contributed by atoms with Crippen LogP contribution in [0.25, 0.3) is 0 Å². The van der Waals surface area contributed by atoms with Crippen molar-refractivity contribution in [3.05, 3.63) is 35.6 Å². The van der Waals surface area contributed by atoms with E-state index in [9.17, 15) is 4.39 Å². The second-order valence-corrected chi connectivity index (χ2v) is 5.89. The zero-order valence-corrected chi connectivity index (χ0v) is 11.3. The Kier molecular flexibility index (Phi) is 3.85. The van der Waals surface area contributed by atoms with Crippen LogP contribution in [0.4, 0.5) is 4.39 Å². The highest BCUT2D eigenvalue weighted by atomic mass is 19.1. The van der Waals surface area contributed by atoms with Crippen molar-refractivity contribution >= 4 is 0 Å². The summed E-state index contributed by atoms with van der Waals surface area (Å²) in [4.78, 5) is 0. The van der Waals surface area contributed by atoms with Crippen LogP contribution in [0.3, 0.4) is 0 Å². The van der Waals surface area contributed by atoms with E-state index >= 15 is 0 Å². The minimum absolute atomic E-state index is 0.130. The van der Waals surface area contributed by atoms with Crippen molar-refractivity contribution in [1.29, 1.82) is 0 Å². The highest BCUT2D eigenvalue weighted by Gasteiger charge is 2.41. The van der Waals surface area contributed by atoms with Crippen molar-refractivity contribution in [2.75, 3.05) is 6.54 Å². The van der Waals surface area contributed by atoms with E-state index in [4.69, 9.17) is 4.74 Å². The molecule has 2 nitrogen and oxygen atoms in total. The first-order valence-corrected chi connectivity index (χ1v) is 7.39. The molecule has 1 unspecified atom stereocenters. The average Bonchev–Trinajstić information content (AvgIpc) is 3.03. The van der Waals surface area contributed by atoms with Crippen LogP contribution < -0.4 is 5.32 Å². The molecule has 3 rings (SSSR count). The van der Waals surface area contributed by atoms with Crippen LogP contribution in [0.1, 0.15) is 44.1 Å². The van der Waals surface area contributed by atoms with E-state index in [2.05, 4.69) is 5.32 Å². The molecule has 104 valence electrons. The van der Waals surface area contributed by atoms with Gasteiger partial charge >= 0.3 is 0 Å². The van der Waals surface area contributed by atoms with Gasteiger partial charge in [0.05, 0.1) is 11.7 Å². The molecule has 1 atom stereocenters. The first-order chi connectivity index (χ1) is 9.27. The topological polar surface area (TPSA) is 21.3 Å². The third-order valence-electron chi connectivity index (χ3n) is 4.50. The Morgan fingerprint density at radius 3 is 2.79 bits per heavy atom. The molecule has 0 aromatic heterocycles. The van der Waals surface area contributed by atoms with Crippen molar-refractivity contribution in [1.82, 2.24) is 5.32 Å². The van der Waals surface area contributed by atoms with E-state index in [-0.39, 0.29) is 11.4 Å². The lowest BCUT2D eigenvalue weighted by Gasteiger charge is -2.24. The number of nitrogens with one attached hydrogen (secondary N) is 1. The van der Waals surface area contributed by atoms with E-state index in [1.54, 1.807) is 6.07 Å². The van der Waals surface area contributed by atoms with Gasteiger partial charge in [0.2, 0.25) is 0 Å². The molecule has 1 aromatic rings. The van der Waals surface area contributed by atoms with Crippen molar-refractivity contribution in [3.63, 3.8) is 0 Å². The van der Waals surface area contributed by atoms with Gasteiger partial charge in [0.25, 0.3) is 0 Å². The fourth-order valence-corrected chi connectivity index (χ4v) is 3.44. The van der Waals surface area contributed by atoms with Crippen molar-refractivity contribution in [2.24, 2.45) is 0 Å². The smallest absolute Gasteiger partial charge is 0.127 e. The molecule has 3 heteroatoms. The van der Waals surface area contributed by atoms with E-state index < -0.39 is 0 Å². The maximum atomic E-state index is 13.5. The van der Waals surface area contributed by atoms with Gasteiger partial charge in [-0.3, -0.25) is 0 Å². The number of rotatable bonds is 4. The highest BCUT2D eigenvalue weighted by molar-refractivity contribution is 5.16. The molecule has 2 fully saturated rings. The molecular weight excluding hydrogens is 241 g/mol. The molecule has 1 aliphatic heterocycles. The largest absolute Gasteiger partial charge is 0.370 e. The highest BCUT2D eigenvalue weighted by Crippen LogP contribution is 2.43. The van der Waals surface area contributed by atoms with Crippen molar-refractivity contribution in [3.8, 4) is 0 Å². The molecular formula is C16H22FNO. The number of benzene rings is 1. The van der Waals surface area contributed by atoms with E-state index in [1.807, 2.05) is 12.1 Å². The molecule has 0 amide bonds. The predicted molar refractivity (Wildman–Crippen MR) is 73.4 cm³/mol. The van der Waals surface area contributed by atoms with Crippen LogP contribution in [0.15, 0.2) is 24.3 Å². The summed E-state index contributed by atoms with van der Waals surface area (Å²) in [6.45, 7) is 1.41. The lowest BCUT2D eigenvalue weighted by Crippen LogP contribution is -2.30. The summed E-state index contributed by atoms with van der Waals surface area (Å²) in [7, 11) is 0. The van der Waals surface area contributed by atoms with Gasteiger partial charge in [0.15, 0.2) is 0 Å². The molecule has 1 saturated carbocycles. The van der Waals surface area contributed by atoms with Crippen molar-refractivity contribution in [2.45, 2.75) is 56.8 Å². The maximum Gasteiger partial charge on any atom is 0.127 e. The minimum Gasteiger partial charge on any atom is -0.370 e. The first kappa shape index (κ1) is 13.1. The SMILES string of the molecule is Fc1ccccc1CNCC1CCC2(CCCC2)O1. The third-order valence-corrected chi connectivity index (χ3v) is 4.50. The van der Waals surface area contributed by atoms with E-state index in [0.717, 1.165) is 18.5 Å². The van der Waals surface area contributed by atoms with Gasteiger partial charge in [-0.2, -0.15) is 0 Å². The van der Waals surface area contributed by atoms with E-state index in [0.29, 0.717) is 12.6 Å². The van der Waals surface area contributed by atoms with Gasteiger partial charge in [-0.25, -0.2) is 4.39 Å². The predicted octanol–water partition coefficient (Wildman–Crippen LogP) is 3.41. The third kappa shape index (κ3) is 2.98. The lowest BCUT2D eigenvalue weighted by molar-refractivity contribution is -0.0351. The Bertz CT molecular complexity index is 429. The number of hydrogen-bond donors (Lipinski definition) is 1. The second kappa shape index (κ2) is 5.59. The van der Waals surface area contributed by atoms with Crippen LogP contribution in [0.5, 0.6) is 0 Å². The fraction of sp³-hybridized carbons (Fsp3) is 0.625. The van der Waals surface area contributed by atoms with Gasteiger partial charge in [-0.15, -0.1) is 0 Å². The fourth-order valence-electron chi connectivity index (χ4n) is 3.44.